The molecule has 48 heavy (non-hydrogen) atoms. The molecule has 1 saturated heterocycles. The molecule has 3 heterocycles. The normalized spacial score (nSPS) is 28.1. The zero-order valence-electron chi connectivity index (χ0n) is 26.7. The van der Waals surface area contributed by atoms with E-state index in [9.17, 15) is 22.8 Å². The zero-order valence-corrected chi connectivity index (χ0v) is 28.3. The molecule has 254 valence electrons. The first-order valence-electron chi connectivity index (χ1n) is 16.9. The number of carbonyl (C=O) groups excluding carboxylic acids is 3. The highest BCUT2D eigenvalue weighted by molar-refractivity contribution is 7.91. The fourth-order valence-electron chi connectivity index (χ4n) is 6.78. The highest BCUT2D eigenvalue weighted by atomic mass is 32.2. The number of rotatable bonds is 8. The number of hydrogen-bond donors (Lipinski definition) is 3. The second-order valence-electron chi connectivity index (χ2n) is 13.4. The lowest BCUT2D eigenvalue weighted by atomic mass is 10.0. The van der Waals surface area contributed by atoms with E-state index in [1.807, 2.05) is 66.7 Å². The Morgan fingerprint density at radius 2 is 1.83 bits per heavy atom. The van der Waals surface area contributed by atoms with E-state index < -0.39 is 50.8 Å². The van der Waals surface area contributed by atoms with E-state index in [0.717, 1.165) is 41.5 Å². The number of nitrogens with zero attached hydrogens (tertiary/aromatic N) is 2. The van der Waals surface area contributed by atoms with Gasteiger partial charge in [-0.2, -0.15) is 0 Å². The molecule has 0 radical (unpaired) electrons. The maximum Gasteiger partial charge on any atom is 0.274 e. The van der Waals surface area contributed by atoms with Gasteiger partial charge in [0.05, 0.1) is 28.1 Å². The molecule has 2 aliphatic heterocycles. The number of para-hydroxylation sites is 1. The van der Waals surface area contributed by atoms with E-state index in [1.54, 1.807) is 4.90 Å². The molecule has 7 rings (SSSR count). The standard InChI is InChI=1S/C35H41N5O6S2/c41-31-29-19-25(46-34-37-27-14-9-10-16-30(27)47-34)22-40(29)32(42)28(36-21-23-11-5-4-6-12-23)15-8-3-1-2-7-13-24-20-35(24,38-31)33(43)39-48(44,45)26-17-18-26/h4-7,9-14,16,24-26,28-29,36H,1-3,8,15,17-22H2,(H,38,41)(H,39,43)/t24-,25-,28+,29+,35-/m1/s1. The van der Waals surface area contributed by atoms with E-state index in [2.05, 4.69) is 20.3 Å². The first-order valence-corrected chi connectivity index (χ1v) is 19.2. The largest absolute Gasteiger partial charge is 0.465 e. The van der Waals surface area contributed by atoms with Crippen molar-refractivity contribution in [2.45, 2.75) is 93.3 Å². The average molecular weight is 692 g/mol. The Kier molecular flexibility index (Phi) is 9.27. The fraction of sp³-hybridized carbons (Fsp3) is 0.486. The second kappa shape index (κ2) is 13.6. The SMILES string of the molecule is O=C1N[C@]2(C(=O)NS(=O)(=O)C3CC3)C[C@H]2C=CCCCCC[C@H](NCc2ccccc2)C(=O)N2C[C@H](Oc3nc4ccccc4s3)C[C@@H]12. The van der Waals surface area contributed by atoms with E-state index in [0.29, 0.717) is 31.0 Å². The van der Waals surface area contributed by atoms with Crippen LogP contribution in [-0.4, -0.2) is 71.5 Å². The Labute approximate surface area is 284 Å². The molecule has 4 aliphatic rings. The number of fused-ring (bicyclic) bond motifs is 3. The van der Waals surface area contributed by atoms with Gasteiger partial charge in [-0.25, -0.2) is 13.4 Å². The topological polar surface area (TPSA) is 147 Å². The van der Waals surface area contributed by atoms with Gasteiger partial charge in [0, 0.05) is 18.9 Å². The molecular formula is C35H41N5O6S2. The summed E-state index contributed by atoms with van der Waals surface area (Å²) in [6.07, 6.45) is 9.01. The van der Waals surface area contributed by atoms with Gasteiger partial charge in [-0.1, -0.05) is 78.8 Å². The number of allylic oxidation sites excluding steroid dienone is 1. The molecule has 0 spiro atoms. The molecule has 3 aromatic rings. The molecule has 2 aromatic carbocycles. The third kappa shape index (κ3) is 7.13. The summed E-state index contributed by atoms with van der Waals surface area (Å²) in [5.41, 5.74) is 0.459. The number of sulfonamides is 1. The zero-order chi connectivity index (χ0) is 33.3. The molecule has 3 N–H and O–H groups in total. The van der Waals surface area contributed by atoms with E-state index in [4.69, 9.17) is 4.74 Å². The molecule has 0 unspecified atom stereocenters. The molecule has 13 heteroatoms. The third-order valence-corrected chi connectivity index (χ3v) is 12.5. The lowest BCUT2D eigenvalue weighted by molar-refractivity contribution is -0.141. The summed E-state index contributed by atoms with van der Waals surface area (Å²) in [5.74, 6) is -1.76. The van der Waals surface area contributed by atoms with Gasteiger partial charge in [0.25, 0.3) is 11.1 Å². The molecule has 1 aromatic heterocycles. The van der Waals surface area contributed by atoms with Crippen molar-refractivity contribution >= 4 is 49.3 Å². The molecule has 2 aliphatic carbocycles. The van der Waals surface area contributed by atoms with Crippen molar-refractivity contribution in [2.24, 2.45) is 5.92 Å². The maximum atomic E-state index is 14.4. The fourth-order valence-corrected chi connectivity index (χ4v) is 9.03. The Balaban J connectivity index is 1.16. The van der Waals surface area contributed by atoms with Crippen molar-refractivity contribution in [3.63, 3.8) is 0 Å². The van der Waals surface area contributed by atoms with Crippen LogP contribution in [0, 0.1) is 5.92 Å². The Hall–Kier alpha value is -3.81. The molecule has 2 saturated carbocycles. The van der Waals surface area contributed by atoms with Crippen molar-refractivity contribution in [2.75, 3.05) is 6.54 Å². The summed E-state index contributed by atoms with van der Waals surface area (Å²) >= 11 is 1.41. The number of hydrogen-bond acceptors (Lipinski definition) is 9. The minimum Gasteiger partial charge on any atom is -0.465 e. The second-order valence-corrected chi connectivity index (χ2v) is 16.3. The van der Waals surface area contributed by atoms with Crippen molar-refractivity contribution in [1.82, 2.24) is 25.2 Å². The molecular weight excluding hydrogens is 651 g/mol. The van der Waals surface area contributed by atoms with Crippen molar-refractivity contribution in [3.8, 4) is 5.19 Å². The Morgan fingerprint density at radius 1 is 1.04 bits per heavy atom. The number of ether oxygens (including phenoxy) is 1. The molecule has 3 fully saturated rings. The number of carbonyl (C=O) groups is 3. The third-order valence-electron chi connectivity index (χ3n) is 9.78. The molecule has 3 amide bonds. The van der Waals surface area contributed by atoms with Crippen LogP contribution in [-0.2, 0) is 31.0 Å². The number of aromatic nitrogens is 1. The van der Waals surface area contributed by atoms with Crippen LogP contribution >= 0.6 is 11.3 Å². The minimum atomic E-state index is -3.82. The molecule has 5 atom stereocenters. The number of benzene rings is 2. The van der Waals surface area contributed by atoms with E-state index >= 15 is 0 Å². The monoisotopic (exact) mass is 691 g/mol. The molecule has 0 bridgehead atoms. The van der Waals surface area contributed by atoms with Crippen molar-refractivity contribution in [3.05, 3.63) is 72.3 Å². The van der Waals surface area contributed by atoms with Gasteiger partial charge in [-0.05, 0) is 56.2 Å². The quantitative estimate of drug-likeness (QED) is 0.303. The predicted octanol–water partition coefficient (Wildman–Crippen LogP) is 3.81. The van der Waals surface area contributed by atoms with Gasteiger partial charge in [0.1, 0.15) is 17.7 Å². The van der Waals surface area contributed by atoms with Crippen LogP contribution in [0.3, 0.4) is 0 Å². The Morgan fingerprint density at radius 3 is 2.62 bits per heavy atom. The van der Waals surface area contributed by atoms with Crippen LogP contribution in [0.4, 0.5) is 0 Å². The average Bonchev–Trinajstić information content (AvgIpc) is 3.97. The molecule has 11 nitrogen and oxygen atoms in total. The van der Waals surface area contributed by atoms with Gasteiger partial charge in [0.15, 0.2) is 0 Å². The smallest absolute Gasteiger partial charge is 0.274 e. The van der Waals surface area contributed by atoms with Gasteiger partial charge >= 0.3 is 0 Å². The van der Waals surface area contributed by atoms with Gasteiger partial charge in [-0.3, -0.25) is 19.1 Å². The van der Waals surface area contributed by atoms with Crippen LogP contribution in [0.5, 0.6) is 5.19 Å². The van der Waals surface area contributed by atoms with Crippen LogP contribution in [0.15, 0.2) is 66.7 Å². The highest BCUT2D eigenvalue weighted by Gasteiger charge is 2.62. The summed E-state index contributed by atoms with van der Waals surface area (Å²) in [7, 11) is -3.82. The number of nitrogens with one attached hydrogen (secondary N) is 3. The summed E-state index contributed by atoms with van der Waals surface area (Å²) in [4.78, 5) is 48.4. The highest BCUT2D eigenvalue weighted by Crippen LogP contribution is 2.46. The minimum absolute atomic E-state index is 0.176. The lowest BCUT2D eigenvalue weighted by Crippen LogP contribution is -2.58. The summed E-state index contributed by atoms with van der Waals surface area (Å²) < 4.78 is 35.0. The van der Waals surface area contributed by atoms with E-state index in [-0.39, 0.29) is 31.2 Å². The van der Waals surface area contributed by atoms with Crippen LogP contribution in [0.25, 0.3) is 10.2 Å². The number of amides is 3. The summed E-state index contributed by atoms with van der Waals surface area (Å²) in [5, 5.41) is 6.28. The Bertz CT molecular complexity index is 1780. The van der Waals surface area contributed by atoms with Gasteiger partial charge in [0.2, 0.25) is 21.8 Å². The van der Waals surface area contributed by atoms with Crippen LogP contribution < -0.4 is 20.1 Å². The predicted molar refractivity (Wildman–Crippen MR) is 183 cm³/mol. The summed E-state index contributed by atoms with van der Waals surface area (Å²) in [6, 6.07) is 16.1. The maximum absolute atomic E-state index is 14.4. The van der Waals surface area contributed by atoms with Crippen molar-refractivity contribution in [1.29, 1.82) is 0 Å². The van der Waals surface area contributed by atoms with Crippen LogP contribution in [0.1, 0.15) is 63.4 Å². The van der Waals surface area contributed by atoms with Crippen LogP contribution in [0.2, 0.25) is 0 Å². The van der Waals surface area contributed by atoms with E-state index in [1.165, 1.54) is 11.3 Å². The summed E-state index contributed by atoms with van der Waals surface area (Å²) in [6.45, 7) is 0.672. The lowest BCUT2D eigenvalue weighted by Gasteiger charge is -2.30. The van der Waals surface area contributed by atoms with Crippen molar-refractivity contribution < 1.29 is 27.5 Å². The van der Waals surface area contributed by atoms with Gasteiger partial charge < -0.3 is 20.3 Å². The first-order chi connectivity index (χ1) is 23.2. The van der Waals surface area contributed by atoms with Gasteiger partial charge in [-0.15, -0.1) is 0 Å². The number of thiazole rings is 1. The first kappa shape index (κ1) is 32.7.